The van der Waals surface area contributed by atoms with Crippen LogP contribution in [0.5, 0.6) is 0 Å². The summed E-state index contributed by atoms with van der Waals surface area (Å²) in [5.41, 5.74) is 6.24. The van der Waals surface area contributed by atoms with Gasteiger partial charge in [0.25, 0.3) is 0 Å². The van der Waals surface area contributed by atoms with E-state index in [9.17, 15) is 4.79 Å². The number of fused-ring (bicyclic) bond motifs is 2. The highest BCUT2D eigenvalue weighted by atomic mass is 35.5. The Morgan fingerprint density at radius 1 is 1.04 bits per heavy atom. The van der Waals surface area contributed by atoms with Crippen LogP contribution in [0.2, 0.25) is 0 Å². The van der Waals surface area contributed by atoms with Gasteiger partial charge in [0.15, 0.2) is 0 Å². The minimum atomic E-state index is 0. The quantitative estimate of drug-likeness (QED) is 0.647. The molecule has 1 aliphatic heterocycles. The van der Waals surface area contributed by atoms with Crippen molar-refractivity contribution >= 4 is 43.1 Å². The number of likely N-dealkylation sites (N-methyl/N-ethyl adjacent to an activating group) is 1. The van der Waals surface area contributed by atoms with Crippen molar-refractivity contribution in [2.45, 2.75) is 38.6 Å². The van der Waals surface area contributed by atoms with Gasteiger partial charge in [0.1, 0.15) is 0 Å². The fourth-order valence-corrected chi connectivity index (χ4v) is 4.69. The molecule has 150 valence electrons. The van der Waals surface area contributed by atoms with Crippen molar-refractivity contribution in [2.75, 3.05) is 45.8 Å². The van der Waals surface area contributed by atoms with Crippen LogP contribution in [0.25, 0.3) is 0 Å². The van der Waals surface area contributed by atoms with Crippen molar-refractivity contribution in [3.8, 4) is 0 Å². The lowest BCUT2D eigenvalue weighted by Gasteiger charge is -2.34. The van der Waals surface area contributed by atoms with Crippen LogP contribution in [-0.2, 0) is 4.79 Å². The number of piperazine rings is 1. The Kier molecular flexibility index (Phi) is 11.9. The summed E-state index contributed by atoms with van der Waals surface area (Å²) in [5, 5.41) is 3.14. The Morgan fingerprint density at radius 3 is 2.20 bits per heavy atom. The molecule has 0 radical (unpaired) electrons. The average molecular weight is 418 g/mol. The number of nitrogens with two attached hydrogens (primary N) is 1. The van der Waals surface area contributed by atoms with Crippen molar-refractivity contribution in [2.24, 2.45) is 23.5 Å². The van der Waals surface area contributed by atoms with E-state index < -0.39 is 0 Å². The fraction of sp³-hybridized carbons (Fsp3) is 0.941. The first-order chi connectivity index (χ1) is 10.7. The molecule has 3 rings (SSSR count). The highest BCUT2D eigenvalue weighted by molar-refractivity contribution is 5.86. The normalized spacial score (nSPS) is 31.6. The smallest absolute Gasteiger partial charge is 0.224 e. The summed E-state index contributed by atoms with van der Waals surface area (Å²) in [6.45, 7) is 9.98. The van der Waals surface area contributed by atoms with E-state index in [1.807, 2.05) is 0 Å². The molecular formula is C17H35Cl3N4O. The van der Waals surface area contributed by atoms with Crippen molar-refractivity contribution in [3.63, 3.8) is 0 Å². The van der Waals surface area contributed by atoms with E-state index in [-0.39, 0.29) is 55.1 Å². The molecule has 5 nitrogen and oxygen atoms in total. The molecule has 1 amide bonds. The Hall–Kier alpha value is 0.220. The van der Waals surface area contributed by atoms with Crippen LogP contribution in [0.15, 0.2) is 0 Å². The zero-order valence-corrected chi connectivity index (χ0v) is 17.6. The number of halogens is 3. The van der Waals surface area contributed by atoms with Gasteiger partial charge in [-0.25, -0.2) is 0 Å². The molecule has 3 aliphatic rings. The SMILES string of the molecule is CCN1CCN(CCCNC(=O)C2C3CCC(C3)C2N)CC1.Cl.Cl.Cl. The van der Waals surface area contributed by atoms with Gasteiger partial charge in [0.2, 0.25) is 5.91 Å². The van der Waals surface area contributed by atoms with Crippen molar-refractivity contribution < 1.29 is 4.79 Å². The maximum Gasteiger partial charge on any atom is 0.224 e. The van der Waals surface area contributed by atoms with E-state index in [1.54, 1.807) is 0 Å². The van der Waals surface area contributed by atoms with E-state index in [4.69, 9.17) is 5.73 Å². The largest absolute Gasteiger partial charge is 0.356 e. The second-order valence-corrected chi connectivity index (χ2v) is 7.36. The van der Waals surface area contributed by atoms with Crippen LogP contribution in [0.3, 0.4) is 0 Å². The maximum atomic E-state index is 12.4. The molecule has 4 unspecified atom stereocenters. The van der Waals surface area contributed by atoms with Gasteiger partial charge in [-0.05, 0) is 50.6 Å². The summed E-state index contributed by atoms with van der Waals surface area (Å²) in [6, 6.07) is 0.112. The molecule has 0 aromatic rings. The summed E-state index contributed by atoms with van der Waals surface area (Å²) < 4.78 is 0. The lowest BCUT2D eigenvalue weighted by molar-refractivity contribution is -0.127. The molecule has 3 fully saturated rings. The van der Waals surface area contributed by atoms with E-state index in [1.165, 1.54) is 45.4 Å². The zero-order valence-electron chi connectivity index (χ0n) is 15.2. The van der Waals surface area contributed by atoms with E-state index in [2.05, 4.69) is 22.0 Å². The molecule has 0 spiro atoms. The first-order valence-corrected chi connectivity index (χ1v) is 9.17. The number of hydrogen-bond acceptors (Lipinski definition) is 4. The number of amides is 1. The summed E-state index contributed by atoms with van der Waals surface area (Å²) in [7, 11) is 0. The number of carbonyl (C=O) groups is 1. The summed E-state index contributed by atoms with van der Waals surface area (Å²) in [5.74, 6) is 1.47. The predicted octanol–water partition coefficient (Wildman–Crippen LogP) is 1.77. The van der Waals surface area contributed by atoms with Gasteiger partial charge in [-0.1, -0.05) is 6.92 Å². The van der Waals surface area contributed by atoms with Crippen LogP contribution in [-0.4, -0.2) is 67.6 Å². The van der Waals surface area contributed by atoms with Crippen LogP contribution in [0.1, 0.15) is 32.6 Å². The average Bonchev–Trinajstić information content (AvgIpc) is 3.13. The summed E-state index contributed by atoms with van der Waals surface area (Å²) >= 11 is 0. The third-order valence-corrected chi connectivity index (χ3v) is 6.15. The molecule has 3 N–H and O–H groups in total. The predicted molar refractivity (Wildman–Crippen MR) is 110 cm³/mol. The fourth-order valence-electron chi connectivity index (χ4n) is 4.69. The summed E-state index contributed by atoms with van der Waals surface area (Å²) in [6.07, 6.45) is 4.67. The van der Waals surface area contributed by atoms with Gasteiger partial charge in [-0.3, -0.25) is 4.79 Å². The maximum absolute atomic E-state index is 12.4. The molecule has 4 atom stereocenters. The second kappa shape index (κ2) is 11.8. The van der Waals surface area contributed by atoms with Crippen LogP contribution < -0.4 is 11.1 Å². The highest BCUT2D eigenvalue weighted by Gasteiger charge is 2.48. The van der Waals surface area contributed by atoms with Gasteiger partial charge in [0, 0.05) is 38.8 Å². The Morgan fingerprint density at radius 2 is 1.64 bits per heavy atom. The third-order valence-electron chi connectivity index (χ3n) is 6.15. The van der Waals surface area contributed by atoms with Crippen molar-refractivity contribution in [1.29, 1.82) is 0 Å². The van der Waals surface area contributed by atoms with E-state index in [0.717, 1.165) is 26.1 Å². The Balaban J connectivity index is 0.00000192. The molecule has 2 aliphatic carbocycles. The first kappa shape index (κ1) is 25.2. The molecule has 0 aromatic heterocycles. The van der Waals surface area contributed by atoms with E-state index in [0.29, 0.717) is 11.8 Å². The molecular weight excluding hydrogens is 383 g/mol. The molecule has 2 bridgehead atoms. The van der Waals surface area contributed by atoms with Crippen molar-refractivity contribution in [1.82, 2.24) is 15.1 Å². The second-order valence-electron chi connectivity index (χ2n) is 7.36. The molecule has 0 aromatic carbocycles. The number of hydrogen-bond donors (Lipinski definition) is 2. The summed E-state index contributed by atoms with van der Waals surface area (Å²) in [4.78, 5) is 17.4. The van der Waals surface area contributed by atoms with Crippen molar-refractivity contribution in [3.05, 3.63) is 0 Å². The number of nitrogens with one attached hydrogen (secondary N) is 1. The number of carbonyl (C=O) groups excluding carboxylic acids is 1. The van der Waals surface area contributed by atoms with Gasteiger partial charge in [-0.15, -0.1) is 37.2 Å². The van der Waals surface area contributed by atoms with Crippen LogP contribution >= 0.6 is 37.2 Å². The van der Waals surface area contributed by atoms with Gasteiger partial charge in [-0.2, -0.15) is 0 Å². The Bertz CT molecular complexity index is 392. The molecule has 1 saturated heterocycles. The zero-order chi connectivity index (χ0) is 15.5. The number of nitrogens with zero attached hydrogens (tertiary/aromatic N) is 2. The van der Waals surface area contributed by atoms with Crippen LogP contribution in [0.4, 0.5) is 0 Å². The van der Waals surface area contributed by atoms with Gasteiger partial charge in [0.05, 0.1) is 5.92 Å². The molecule has 2 saturated carbocycles. The monoisotopic (exact) mass is 416 g/mol. The third kappa shape index (κ3) is 6.12. The topological polar surface area (TPSA) is 61.6 Å². The molecule has 8 heteroatoms. The first-order valence-electron chi connectivity index (χ1n) is 9.17. The van der Waals surface area contributed by atoms with Gasteiger partial charge < -0.3 is 20.9 Å². The molecule has 1 heterocycles. The number of rotatable bonds is 6. The minimum absolute atomic E-state index is 0. The van der Waals surface area contributed by atoms with E-state index >= 15 is 0 Å². The Labute approximate surface area is 171 Å². The standard InChI is InChI=1S/C17H32N4O.3ClH/c1-2-20-8-10-21(11-9-20)7-3-6-19-17(22)15-13-4-5-14(12-13)16(15)18;;;/h13-16H,2-12,18H2,1H3,(H,19,22);3*1H. The van der Waals surface area contributed by atoms with Crippen LogP contribution in [0, 0.1) is 17.8 Å². The van der Waals surface area contributed by atoms with Gasteiger partial charge >= 0.3 is 0 Å². The highest BCUT2D eigenvalue weighted by Crippen LogP contribution is 2.47. The molecule has 25 heavy (non-hydrogen) atoms. The minimum Gasteiger partial charge on any atom is -0.356 e. The lowest BCUT2D eigenvalue weighted by Crippen LogP contribution is -2.47. The lowest BCUT2D eigenvalue weighted by atomic mass is 9.84.